The summed E-state index contributed by atoms with van der Waals surface area (Å²) in [6.07, 6.45) is 2.19. The molecular formula is C11H16O4S. The Morgan fingerprint density at radius 3 is 2.81 bits per heavy atom. The highest BCUT2D eigenvalue weighted by Crippen LogP contribution is 2.14. The third-order valence-electron chi connectivity index (χ3n) is 2.19. The lowest BCUT2D eigenvalue weighted by Crippen LogP contribution is -2.06. The summed E-state index contributed by atoms with van der Waals surface area (Å²) in [6, 6.07) is 1.39. The van der Waals surface area contributed by atoms with Gasteiger partial charge in [-0.05, 0) is 18.4 Å². The Balaban J connectivity index is 2.56. The van der Waals surface area contributed by atoms with E-state index in [4.69, 9.17) is 9.52 Å². The van der Waals surface area contributed by atoms with Crippen LogP contribution in [-0.4, -0.2) is 21.0 Å². The van der Waals surface area contributed by atoms with Crippen LogP contribution >= 0.6 is 0 Å². The molecule has 4 nitrogen and oxygen atoms in total. The number of hydrogen-bond donors (Lipinski definition) is 1. The quantitative estimate of drug-likeness (QED) is 0.833. The molecule has 0 bridgehead atoms. The van der Waals surface area contributed by atoms with Gasteiger partial charge in [0.15, 0.2) is 0 Å². The third-order valence-corrected chi connectivity index (χ3v) is 3.47. The van der Waals surface area contributed by atoms with Crippen LogP contribution in [0.5, 0.6) is 0 Å². The van der Waals surface area contributed by atoms with Gasteiger partial charge in [-0.3, -0.25) is 4.21 Å². The van der Waals surface area contributed by atoms with Crippen LogP contribution in [0, 0.1) is 5.92 Å². The summed E-state index contributed by atoms with van der Waals surface area (Å²) in [5.74, 6) is 0.525. The Bertz CT molecular complexity index is 381. The molecule has 0 fully saturated rings. The van der Waals surface area contributed by atoms with Gasteiger partial charge in [-0.25, -0.2) is 4.79 Å². The summed E-state index contributed by atoms with van der Waals surface area (Å²) < 4.78 is 16.7. The normalized spacial score (nSPS) is 12.9. The molecule has 1 aromatic rings. The maximum atomic E-state index is 11.6. The van der Waals surface area contributed by atoms with Gasteiger partial charge in [0, 0.05) is 16.6 Å². The van der Waals surface area contributed by atoms with Crippen LogP contribution in [0.2, 0.25) is 0 Å². The molecule has 1 rings (SSSR count). The van der Waals surface area contributed by atoms with E-state index < -0.39 is 16.8 Å². The molecule has 16 heavy (non-hydrogen) atoms. The summed E-state index contributed by atoms with van der Waals surface area (Å²) in [5, 5.41) is 8.83. The third kappa shape index (κ3) is 3.81. The summed E-state index contributed by atoms with van der Waals surface area (Å²) in [6.45, 7) is 4.12. The maximum absolute atomic E-state index is 11.6. The Hall–Kier alpha value is -1.10. The van der Waals surface area contributed by atoms with Crippen molar-refractivity contribution in [2.45, 2.75) is 26.0 Å². The van der Waals surface area contributed by atoms with Crippen molar-refractivity contribution in [3.05, 3.63) is 23.7 Å². The van der Waals surface area contributed by atoms with Gasteiger partial charge in [-0.1, -0.05) is 13.8 Å². The van der Waals surface area contributed by atoms with Crippen molar-refractivity contribution in [1.29, 1.82) is 0 Å². The van der Waals surface area contributed by atoms with E-state index in [0.29, 0.717) is 17.4 Å². The molecule has 0 aliphatic heterocycles. The molecular weight excluding hydrogens is 228 g/mol. The van der Waals surface area contributed by atoms with Crippen molar-refractivity contribution in [1.82, 2.24) is 0 Å². The van der Waals surface area contributed by atoms with Gasteiger partial charge in [0.2, 0.25) is 0 Å². The van der Waals surface area contributed by atoms with E-state index in [-0.39, 0.29) is 11.3 Å². The number of carboxylic acid groups (broad SMARTS) is 1. The first-order valence-electron chi connectivity index (χ1n) is 5.15. The van der Waals surface area contributed by atoms with Gasteiger partial charge in [0.05, 0.1) is 12.0 Å². The summed E-state index contributed by atoms with van der Waals surface area (Å²) >= 11 is 0. The van der Waals surface area contributed by atoms with E-state index in [9.17, 15) is 9.00 Å². The minimum Gasteiger partial charge on any atom is -0.478 e. The average Bonchev–Trinajstić information content (AvgIpc) is 2.62. The van der Waals surface area contributed by atoms with E-state index in [1.807, 2.05) is 0 Å². The monoisotopic (exact) mass is 244 g/mol. The average molecular weight is 244 g/mol. The van der Waals surface area contributed by atoms with Crippen molar-refractivity contribution >= 4 is 16.8 Å². The van der Waals surface area contributed by atoms with Crippen molar-refractivity contribution < 1.29 is 18.5 Å². The van der Waals surface area contributed by atoms with Gasteiger partial charge in [-0.2, -0.15) is 0 Å². The second kappa shape index (κ2) is 5.84. The fraction of sp³-hybridized carbons (Fsp3) is 0.545. The van der Waals surface area contributed by atoms with Gasteiger partial charge < -0.3 is 9.52 Å². The Labute approximate surface area is 97.1 Å². The van der Waals surface area contributed by atoms with Crippen molar-refractivity contribution in [3.8, 4) is 0 Å². The molecule has 1 aromatic heterocycles. The zero-order valence-corrected chi connectivity index (χ0v) is 10.3. The molecule has 0 spiro atoms. The SMILES string of the molecule is CC(C)CCS(=O)Cc1occc1C(=O)O. The van der Waals surface area contributed by atoms with Crippen LogP contribution in [0.3, 0.4) is 0 Å². The Morgan fingerprint density at radius 2 is 2.25 bits per heavy atom. The van der Waals surface area contributed by atoms with E-state index in [1.54, 1.807) is 0 Å². The van der Waals surface area contributed by atoms with Crippen molar-refractivity contribution in [2.24, 2.45) is 5.92 Å². The molecule has 90 valence electrons. The highest BCUT2D eigenvalue weighted by Gasteiger charge is 2.15. The van der Waals surface area contributed by atoms with Gasteiger partial charge in [0.1, 0.15) is 11.3 Å². The standard InChI is InChI=1S/C11H16O4S/c1-8(2)4-6-16(14)7-10-9(11(12)13)3-5-15-10/h3,5,8H,4,6-7H2,1-2H3,(H,12,13). The minimum atomic E-state index is -1.05. The lowest BCUT2D eigenvalue weighted by atomic mass is 10.2. The fourth-order valence-electron chi connectivity index (χ4n) is 1.23. The fourth-order valence-corrected chi connectivity index (χ4v) is 2.62. The molecule has 0 radical (unpaired) electrons. The first kappa shape index (κ1) is 13.0. The molecule has 0 amide bonds. The number of hydrogen-bond acceptors (Lipinski definition) is 3. The smallest absolute Gasteiger partial charge is 0.339 e. The highest BCUT2D eigenvalue weighted by atomic mass is 32.2. The van der Waals surface area contributed by atoms with Crippen LogP contribution in [0.25, 0.3) is 0 Å². The molecule has 5 heteroatoms. The minimum absolute atomic E-state index is 0.109. The number of carboxylic acids is 1. The van der Waals surface area contributed by atoms with Crippen LogP contribution in [-0.2, 0) is 16.6 Å². The summed E-state index contributed by atoms with van der Waals surface area (Å²) in [7, 11) is -1.05. The Morgan fingerprint density at radius 1 is 1.56 bits per heavy atom. The van der Waals surface area contributed by atoms with E-state index in [0.717, 1.165) is 6.42 Å². The van der Waals surface area contributed by atoms with E-state index in [1.165, 1.54) is 12.3 Å². The van der Waals surface area contributed by atoms with Gasteiger partial charge in [0.25, 0.3) is 0 Å². The maximum Gasteiger partial charge on any atom is 0.339 e. The summed E-state index contributed by atoms with van der Waals surface area (Å²) in [5.41, 5.74) is 0.109. The topological polar surface area (TPSA) is 67.5 Å². The molecule has 0 aliphatic rings. The molecule has 1 N–H and O–H groups in total. The molecule has 0 aliphatic carbocycles. The molecule has 0 aromatic carbocycles. The van der Waals surface area contributed by atoms with Gasteiger partial charge in [-0.15, -0.1) is 0 Å². The number of furan rings is 1. The van der Waals surface area contributed by atoms with Crippen LogP contribution in [0.1, 0.15) is 36.4 Å². The van der Waals surface area contributed by atoms with E-state index >= 15 is 0 Å². The number of carbonyl (C=O) groups is 1. The Kier molecular flexibility index (Phi) is 4.73. The van der Waals surface area contributed by atoms with Crippen LogP contribution in [0.4, 0.5) is 0 Å². The largest absolute Gasteiger partial charge is 0.478 e. The van der Waals surface area contributed by atoms with Crippen molar-refractivity contribution in [2.75, 3.05) is 5.75 Å². The predicted molar refractivity (Wildman–Crippen MR) is 61.8 cm³/mol. The second-order valence-corrected chi connectivity index (χ2v) is 5.61. The molecule has 0 saturated heterocycles. The summed E-state index contributed by atoms with van der Waals surface area (Å²) in [4.78, 5) is 10.8. The zero-order valence-electron chi connectivity index (χ0n) is 9.43. The number of aromatic carboxylic acids is 1. The first-order chi connectivity index (χ1) is 7.50. The van der Waals surface area contributed by atoms with Gasteiger partial charge >= 0.3 is 5.97 Å². The van der Waals surface area contributed by atoms with Crippen LogP contribution in [0.15, 0.2) is 16.7 Å². The van der Waals surface area contributed by atoms with E-state index in [2.05, 4.69) is 13.8 Å². The van der Waals surface area contributed by atoms with Crippen molar-refractivity contribution in [3.63, 3.8) is 0 Å². The molecule has 0 saturated carbocycles. The molecule has 1 heterocycles. The molecule has 1 unspecified atom stereocenters. The number of rotatable bonds is 6. The second-order valence-electron chi connectivity index (χ2n) is 4.03. The first-order valence-corrected chi connectivity index (χ1v) is 6.64. The lowest BCUT2D eigenvalue weighted by molar-refractivity contribution is 0.0695. The van der Waals surface area contributed by atoms with Crippen LogP contribution < -0.4 is 0 Å². The lowest BCUT2D eigenvalue weighted by Gasteiger charge is -2.04. The molecule has 1 atom stereocenters. The predicted octanol–water partition coefficient (Wildman–Crippen LogP) is 2.27. The zero-order chi connectivity index (χ0) is 12.1. The highest BCUT2D eigenvalue weighted by molar-refractivity contribution is 7.84.